The van der Waals surface area contributed by atoms with Gasteiger partial charge < -0.3 is 10.7 Å². The van der Waals surface area contributed by atoms with E-state index in [2.05, 4.69) is 9.71 Å². The molecule has 1 aromatic rings. The molecule has 1 heterocycles. The Bertz CT molecular complexity index is 354. The highest BCUT2D eigenvalue weighted by atomic mass is 32.2. The minimum Gasteiger partial charge on any atom is -0.366 e. The summed E-state index contributed by atoms with van der Waals surface area (Å²) in [6, 6.07) is 1.31. The summed E-state index contributed by atoms with van der Waals surface area (Å²) in [6.07, 6.45) is 3.68. The van der Waals surface area contributed by atoms with Crippen molar-refractivity contribution in [2.24, 2.45) is 5.73 Å². The summed E-state index contributed by atoms with van der Waals surface area (Å²) >= 11 is 0. The van der Waals surface area contributed by atoms with Crippen LogP contribution in [-0.4, -0.2) is 26.0 Å². The van der Waals surface area contributed by atoms with E-state index in [1.165, 1.54) is 12.3 Å². The van der Waals surface area contributed by atoms with Crippen molar-refractivity contribution in [2.75, 3.05) is 6.54 Å². The number of aromatic nitrogens is 1. The van der Waals surface area contributed by atoms with Crippen molar-refractivity contribution in [3.05, 3.63) is 18.5 Å². The number of sulfonamides is 1. The number of rotatable bonds is 5. The number of aromatic amines is 1. The molecule has 4 N–H and O–H groups in total. The molecule has 1 aromatic heterocycles. The van der Waals surface area contributed by atoms with E-state index < -0.39 is 10.0 Å². The van der Waals surface area contributed by atoms with Gasteiger partial charge in [0.15, 0.2) is 0 Å². The van der Waals surface area contributed by atoms with Gasteiger partial charge in [0.1, 0.15) is 0 Å². The third-order valence-corrected chi connectivity index (χ3v) is 3.50. The van der Waals surface area contributed by atoms with Gasteiger partial charge in [-0.3, -0.25) is 0 Å². The van der Waals surface area contributed by atoms with Gasteiger partial charge in [0.25, 0.3) is 0 Å². The van der Waals surface area contributed by atoms with Crippen molar-refractivity contribution in [1.29, 1.82) is 0 Å². The molecule has 0 saturated heterocycles. The van der Waals surface area contributed by atoms with Crippen LogP contribution in [0.1, 0.15) is 13.3 Å². The molecule has 0 bridgehead atoms. The maximum atomic E-state index is 11.6. The molecule has 0 spiro atoms. The molecule has 0 saturated carbocycles. The highest BCUT2D eigenvalue weighted by Crippen LogP contribution is 2.07. The van der Waals surface area contributed by atoms with Crippen LogP contribution in [0.5, 0.6) is 0 Å². The molecule has 80 valence electrons. The lowest BCUT2D eigenvalue weighted by Crippen LogP contribution is -2.39. The fourth-order valence-electron chi connectivity index (χ4n) is 1.06. The summed E-state index contributed by atoms with van der Waals surface area (Å²) in [5.74, 6) is 0. The van der Waals surface area contributed by atoms with Gasteiger partial charge in [-0.15, -0.1) is 0 Å². The Kier molecular flexibility index (Phi) is 3.68. The van der Waals surface area contributed by atoms with E-state index in [4.69, 9.17) is 5.73 Å². The van der Waals surface area contributed by atoms with E-state index in [0.29, 0.717) is 13.0 Å². The first kappa shape index (κ1) is 11.2. The molecule has 0 aromatic carbocycles. The second-order valence-corrected chi connectivity index (χ2v) is 4.72. The zero-order valence-corrected chi connectivity index (χ0v) is 8.84. The van der Waals surface area contributed by atoms with Crippen molar-refractivity contribution in [2.45, 2.75) is 24.3 Å². The maximum absolute atomic E-state index is 11.6. The zero-order valence-electron chi connectivity index (χ0n) is 8.03. The Morgan fingerprint density at radius 2 is 2.36 bits per heavy atom. The third kappa shape index (κ3) is 2.57. The van der Waals surface area contributed by atoms with E-state index >= 15 is 0 Å². The molecule has 0 radical (unpaired) electrons. The molecule has 0 aliphatic carbocycles. The minimum atomic E-state index is -3.40. The molecule has 0 aliphatic heterocycles. The van der Waals surface area contributed by atoms with Crippen LogP contribution in [0.15, 0.2) is 23.4 Å². The summed E-state index contributed by atoms with van der Waals surface area (Å²) in [5, 5.41) is 0. The van der Waals surface area contributed by atoms with Gasteiger partial charge in [-0.05, 0) is 12.5 Å². The van der Waals surface area contributed by atoms with Crippen LogP contribution in [0, 0.1) is 0 Å². The first-order valence-electron chi connectivity index (χ1n) is 4.45. The fraction of sp³-hybridized carbons (Fsp3) is 0.500. The summed E-state index contributed by atoms with van der Waals surface area (Å²) in [4.78, 5) is 2.93. The Morgan fingerprint density at radius 1 is 1.64 bits per heavy atom. The normalized spacial score (nSPS) is 14.1. The second kappa shape index (κ2) is 4.59. The average molecular weight is 217 g/mol. The Morgan fingerprint density at radius 3 is 2.79 bits per heavy atom. The van der Waals surface area contributed by atoms with Crippen LogP contribution in [0.3, 0.4) is 0 Å². The first-order chi connectivity index (χ1) is 6.60. The van der Waals surface area contributed by atoms with Crippen molar-refractivity contribution < 1.29 is 8.42 Å². The summed E-state index contributed by atoms with van der Waals surface area (Å²) in [6.45, 7) is 2.19. The second-order valence-electron chi connectivity index (χ2n) is 3.01. The van der Waals surface area contributed by atoms with Gasteiger partial charge in [0, 0.05) is 25.0 Å². The molecule has 5 nitrogen and oxygen atoms in total. The van der Waals surface area contributed by atoms with Gasteiger partial charge >= 0.3 is 0 Å². The highest BCUT2D eigenvalue weighted by Gasteiger charge is 2.17. The Labute approximate surface area is 83.8 Å². The van der Waals surface area contributed by atoms with Crippen LogP contribution in [0.25, 0.3) is 0 Å². The molecule has 1 rings (SSSR count). The van der Waals surface area contributed by atoms with Crippen LogP contribution < -0.4 is 10.5 Å². The number of H-pyrrole nitrogens is 1. The number of hydrogen-bond acceptors (Lipinski definition) is 3. The largest absolute Gasteiger partial charge is 0.366 e. The van der Waals surface area contributed by atoms with Crippen LogP contribution in [0.2, 0.25) is 0 Å². The minimum absolute atomic E-state index is 0.199. The van der Waals surface area contributed by atoms with Crippen LogP contribution in [-0.2, 0) is 10.0 Å². The molecule has 0 amide bonds. The standard InChI is InChI=1S/C8H15N3O2S/c1-2-7(5-9)11-14(12,13)8-3-4-10-6-8/h3-4,6-7,10-11H,2,5,9H2,1H3. The predicted octanol–water partition coefficient (Wildman–Crippen LogP) is 0.0303. The quantitative estimate of drug-likeness (QED) is 0.650. The van der Waals surface area contributed by atoms with Crippen molar-refractivity contribution >= 4 is 10.0 Å². The van der Waals surface area contributed by atoms with Gasteiger partial charge in [-0.2, -0.15) is 0 Å². The molecule has 0 aliphatic rings. The number of nitrogens with two attached hydrogens (primary N) is 1. The lowest BCUT2D eigenvalue weighted by molar-refractivity contribution is 0.542. The molecule has 1 atom stereocenters. The Hall–Kier alpha value is -0.850. The van der Waals surface area contributed by atoms with E-state index in [1.807, 2.05) is 6.92 Å². The highest BCUT2D eigenvalue weighted by molar-refractivity contribution is 7.89. The molecular weight excluding hydrogens is 202 g/mol. The monoisotopic (exact) mass is 217 g/mol. The van der Waals surface area contributed by atoms with Crippen molar-refractivity contribution in [3.8, 4) is 0 Å². The SMILES string of the molecule is CCC(CN)NS(=O)(=O)c1cc[nH]c1. The third-order valence-electron chi connectivity index (χ3n) is 1.98. The van der Waals surface area contributed by atoms with Gasteiger partial charge in [-0.1, -0.05) is 6.92 Å². The van der Waals surface area contributed by atoms with Crippen molar-refractivity contribution in [3.63, 3.8) is 0 Å². The first-order valence-corrected chi connectivity index (χ1v) is 5.93. The summed E-state index contributed by atoms with van der Waals surface area (Å²) in [5.41, 5.74) is 5.41. The molecule has 14 heavy (non-hydrogen) atoms. The smallest absolute Gasteiger partial charge is 0.242 e. The maximum Gasteiger partial charge on any atom is 0.242 e. The van der Waals surface area contributed by atoms with Crippen molar-refractivity contribution in [1.82, 2.24) is 9.71 Å². The zero-order chi connectivity index (χ0) is 10.6. The number of hydrogen-bond donors (Lipinski definition) is 3. The van der Waals surface area contributed by atoms with E-state index in [0.717, 1.165) is 0 Å². The Balaban J connectivity index is 2.77. The van der Waals surface area contributed by atoms with E-state index in [9.17, 15) is 8.42 Å². The molecule has 6 heteroatoms. The summed E-state index contributed by atoms with van der Waals surface area (Å²) in [7, 11) is -3.40. The lowest BCUT2D eigenvalue weighted by atomic mass is 10.2. The molecule has 0 fully saturated rings. The van der Waals surface area contributed by atoms with Crippen LogP contribution >= 0.6 is 0 Å². The molecular formula is C8H15N3O2S. The molecule has 1 unspecified atom stereocenters. The predicted molar refractivity (Wildman–Crippen MR) is 54.2 cm³/mol. The van der Waals surface area contributed by atoms with Gasteiger partial charge in [0.05, 0.1) is 4.90 Å². The number of nitrogens with one attached hydrogen (secondary N) is 2. The van der Waals surface area contributed by atoms with Crippen LogP contribution in [0.4, 0.5) is 0 Å². The van der Waals surface area contributed by atoms with Gasteiger partial charge in [0.2, 0.25) is 10.0 Å². The topological polar surface area (TPSA) is 88.0 Å². The van der Waals surface area contributed by atoms with E-state index in [1.54, 1.807) is 6.20 Å². The fourth-order valence-corrected chi connectivity index (χ4v) is 2.37. The van der Waals surface area contributed by atoms with E-state index in [-0.39, 0.29) is 10.9 Å². The lowest BCUT2D eigenvalue weighted by Gasteiger charge is -2.13. The average Bonchev–Trinajstić information content (AvgIpc) is 2.67. The summed E-state index contributed by atoms with van der Waals surface area (Å²) < 4.78 is 25.8. The van der Waals surface area contributed by atoms with Gasteiger partial charge in [-0.25, -0.2) is 13.1 Å².